The van der Waals surface area contributed by atoms with Crippen molar-refractivity contribution in [2.75, 3.05) is 7.11 Å². The van der Waals surface area contributed by atoms with Crippen molar-refractivity contribution in [3.63, 3.8) is 0 Å². The number of methoxy groups -OCH3 is 1. The Labute approximate surface area is 172 Å². The van der Waals surface area contributed by atoms with Crippen LogP contribution in [0, 0.1) is 5.82 Å². The van der Waals surface area contributed by atoms with E-state index in [9.17, 15) is 9.18 Å². The average molecular weight is 396 g/mol. The summed E-state index contributed by atoms with van der Waals surface area (Å²) < 4.78 is 25.1. The van der Waals surface area contributed by atoms with Crippen molar-refractivity contribution in [3.8, 4) is 28.0 Å². The molecule has 0 fully saturated rings. The number of hydrogen-bond acceptors (Lipinski definition) is 3. The zero-order chi connectivity index (χ0) is 20.7. The zero-order valence-electron chi connectivity index (χ0n) is 16.2. The molecule has 146 valence electrons. The summed E-state index contributed by atoms with van der Waals surface area (Å²) in [6.45, 7) is 0. The summed E-state index contributed by atoms with van der Waals surface area (Å²) in [6.07, 6.45) is 0. The molecule has 1 aromatic heterocycles. The third-order valence-corrected chi connectivity index (χ3v) is 5.26. The molecule has 0 bridgehead atoms. The number of para-hydroxylation sites is 2. The predicted molar refractivity (Wildman–Crippen MR) is 117 cm³/mol. The Morgan fingerprint density at radius 1 is 0.767 bits per heavy atom. The predicted octanol–water partition coefficient (Wildman–Crippen LogP) is 6.43. The second-order valence-corrected chi connectivity index (χ2v) is 7.03. The summed E-state index contributed by atoms with van der Waals surface area (Å²) in [5.41, 5.74) is 4.05. The molecule has 0 amide bonds. The smallest absolute Gasteiger partial charge is 0.201 e. The number of ether oxygens (including phenoxy) is 1. The van der Waals surface area contributed by atoms with Gasteiger partial charge >= 0.3 is 0 Å². The normalized spacial score (nSPS) is 11.1. The van der Waals surface area contributed by atoms with Gasteiger partial charge in [-0.2, -0.15) is 0 Å². The third kappa shape index (κ3) is 2.94. The van der Waals surface area contributed by atoms with Gasteiger partial charge in [0.1, 0.15) is 22.7 Å². The number of hydrogen-bond donors (Lipinski definition) is 0. The SMILES string of the molecule is COc1ccccc1-c1cc(-c2ccc(F)cc2)cc2oc3ccccc3c(=O)c12. The van der Waals surface area contributed by atoms with E-state index >= 15 is 0 Å². The molecule has 0 spiro atoms. The molecule has 0 N–H and O–H groups in total. The standard InChI is InChI=1S/C26H17FO3/c1-29-22-8-4-2-6-19(22)21-14-17(16-10-12-18(27)13-11-16)15-24-25(21)26(28)20-7-3-5-9-23(20)30-24/h2-15H,1H3. The lowest BCUT2D eigenvalue weighted by Crippen LogP contribution is -2.04. The van der Waals surface area contributed by atoms with Gasteiger partial charge < -0.3 is 9.15 Å². The van der Waals surface area contributed by atoms with E-state index in [-0.39, 0.29) is 11.2 Å². The van der Waals surface area contributed by atoms with Gasteiger partial charge in [-0.15, -0.1) is 0 Å². The maximum Gasteiger partial charge on any atom is 0.201 e. The fourth-order valence-corrected chi connectivity index (χ4v) is 3.82. The van der Waals surface area contributed by atoms with E-state index in [0.717, 1.165) is 16.7 Å². The summed E-state index contributed by atoms with van der Waals surface area (Å²) in [5.74, 6) is 0.352. The molecule has 30 heavy (non-hydrogen) atoms. The lowest BCUT2D eigenvalue weighted by Gasteiger charge is -2.13. The van der Waals surface area contributed by atoms with Crippen molar-refractivity contribution in [2.24, 2.45) is 0 Å². The van der Waals surface area contributed by atoms with Gasteiger partial charge in [-0.3, -0.25) is 4.79 Å². The summed E-state index contributed by atoms with van der Waals surface area (Å²) in [4.78, 5) is 13.4. The first kappa shape index (κ1) is 18.1. The van der Waals surface area contributed by atoms with Crippen molar-refractivity contribution in [2.45, 2.75) is 0 Å². The summed E-state index contributed by atoms with van der Waals surface area (Å²) in [5, 5.41) is 1.01. The molecule has 5 rings (SSSR count). The van der Waals surface area contributed by atoms with Gasteiger partial charge in [-0.05, 0) is 53.6 Å². The highest BCUT2D eigenvalue weighted by Gasteiger charge is 2.17. The van der Waals surface area contributed by atoms with Crippen LogP contribution in [-0.2, 0) is 0 Å². The molecule has 4 heteroatoms. The number of fused-ring (bicyclic) bond motifs is 2. The summed E-state index contributed by atoms with van der Waals surface area (Å²) >= 11 is 0. The minimum absolute atomic E-state index is 0.0987. The Morgan fingerprint density at radius 2 is 1.50 bits per heavy atom. The monoisotopic (exact) mass is 396 g/mol. The molecule has 0 radical (unpaired) electrons. The van der Waals surface area contributed by atoms with Gasteiger partial charge in [-0.25, -0.2) is 4.39 Å². The molecule has 0 saturated heterocycles. The van der Waals surface area contributed by atoms with Gasteiger partial charge in [0.05, 0.1) is 17.9 Å². The van der Waals surface area contributed by atoms with Crippen LogP contribution in [0.5, 0.6) is 5.75 Å². The molecule has 0 aliphatic carbocycles. The van der Waals surface area contributed by atoms with Crippen molar-refractivity contribution in [3.05, 3.63) is 101 Å². The minimum Gasteiger partial charge on any atom is -0.496 e. The van der Waals surface area contributed by atoms with E-state index in [0.29, 0.717) is 33.3 Å². The molecule has 0 aliphatic rings. The van der Waals surface area contributed by atoms with Crippen LogP contribution in [0.2, 0.25) is 0 Å². The first-order valence-electron chi connectivity index (χ1n) is 9.54. The summed E-state index contributed by atoms with van der Waals surface area (Å²) in [7, 11) is 1.60. The second-order valence-electron chi connectivity index (χ2n) is 7.03. The van der Waals surface area contributed by atoms with Gasteiger partial charge in [0.15, 0.2) is 0 Å². The average Bonchev–Trinajstić information content (AvgIpc) is 2.79. The van der Waals surface area contributed by atoms with Crippen LogP contribution in [-0.4, -0.2) is 7.11 Å². The van der Waals surface area contributed by atoms with E-state index in [1.807, 2.05) is 48.5 Å². The molecule has 0 atom stereocenters. The maximum atomic E-state index is 13.4. The topological polar surface area (TPSA) is 39.4 Å². The van der Waals surface area contributed by atoms with Crippen molar-refractivity contribution >= 4 is 21.9 Å². The quantitative estimate of drug-likeness (QED) is 0.330. The van der Waals surface area contributed by atoms with Gasteiger partial charge in [-0.1, -0.05) is 42.5 Å². The van der Waals surface area contributed by atoms with Crippen LogP contribution >= 0.6 is 0 Å². The van der Waals surface area contributed by atoms with Crippen molar-refractivity contribution < 1.29 is 13.5 Å². The minimum atomic E-state index is -0.304. The molecule has 3 nitrogen and oxygen atoms in total. The molecular weight excluding hydrogens is 379 g/mol. The van der Waals surface area contributed by atoms with E-state index in [1.165, 1.54) is 12.1 Å². The second kappa shape index (κ2) is 7.16. The highest BCUT2D eigenvalue weighted by atomic mass is 19.1. The van der Waals surface area contributed by atoms with Crippen LogP contribution < -0.4 is 10.2 Å². The Morgan fingerprint density at radius 3 is 2.30 bits per heavy atom. The molecule has 1 heterocycles. The highest BCUT2D eigenvalue weighted by Crippen LogP contribution is 2.38. The van der Waals surface area contributed by atoms with E-state index in [1.54, 1.807) is 31.4 Å². The lowest BCUT2D eigenvalue weighted by molar-refractivity contribution is 0.416. The number of benzene rings is 4. The van der Waals surface area contributed by atoms with E-state index in [2.05, 4.69) is 0 Å². The Hall–Kier alpha value is -3.92. The maximum absolute atomic E-state index is 13.4. The fraction of sp³-hybridized carbons (Fsp3) is 0.0385. The van der Waals surface area contributed by atoms with Crippen molar-refractivity contribution in [1.29, 1.82) is 0 Å². The molecule has 0 aliphatic heterocycles. The van der Waals surface area contributed by atoms with E-state index in [4.69, 9.17) is 9.15 Å². The molecular formula is C26H17FO3. The first-order chi connectivity index (χ1) is 14.7. The van der Waals surface area contributed by atoms with Crippen LogP contribution in [0.25, 0.3) is 44.2 Å². The molecule has 5 aromatic rings. The summed E-state index contributed by atoms with van der Waals surface area (Å²) in [6, 6.07) is 24.8. The Kier molecular flexibility index (Phi) is 4.32. The highest BCUT2D eigenvalue weighted by molar-refractivity contribution is 6.02. The van der Waals surface area contributed by atoms with Gasteiger partial charge in [0, 0.05) is 11.1 Å². The van der Waals surface area contributed by atoms with Crippen molar-refractivity contribution in [1.82, 2.24) is 0 Å². The first-order valence-corrected chi connectivity index (χ1v) is 9.54. The van der Waals surface area contributed by atoms with Crippen LogP contribution in [0.1, 0.15) is 0 Å². The largest absolute Gasteiger partial charge is 0.496 e. The fourth-order valence-electron chi connectivity index (χ4n) is 3.82. The Bertz CT molecular complexity index is 1450. The van der Waals surface area contributed by atoms with Crippen LogP contribution in [0.3, 0.4) is 0 Å². The number of halogens is 1. The van der Waals surface area contributed by atoms with Gasteiger partial charge in [0.25, 0.3) is 0 Å². The van der Waals surface area contributed by atoms with E-state index < -0.39 is 0 Å². The molecule has 0 unspecified atom stereocenters. The number of rotatable bonds is 3. The van der Waals surface area contributed by atoms with Gasteiger partial charge in [0.2, 0.25) is 5.43 Å². The zero-order valence-corrected chi connectivity index (χ0v) is 16.2. The third-order valence-electron chi connectivity index (χ3n) is 5.26. The van der Waals surface area contributed by atoms with Crippen LogP contribution in [0.4, 0.5) is 4.39 Å². The van der Waals surface area contributed by atoms with Crippen LogP contribution in [0.15, 0.2) is 94.1 Å². The Balaban J connectivity index is 1.92. The molecule has 0 saturated carbocycles. The molecule has 4 aromatic carbocycles. The lowest BCUT2D eigenvalue weighted by atomic mass is 9.94.